The van der Waals surface area contributed by atoms with E-state index in [2.05, 4.69) is 15.1 Å². The molecule has 5 nitrogen and oxygen atoms in total. The molecule has 0 unspecified atom stereocenters. The number of aromatic nitrogens is 2. The van der Waals surface area contributed by atoms with E-state index < -0.39 is 0 Å². The topological polar surface area (TPSA) is 52.2 Å². The number of aryl methyl sites for hydroxylation is 1. The molecule has 1 aliphatic carbocycles. The first kappa shape index (κ1) is 15.2. The lowest BCUT2D eigenvalue weighted by atomic mass is 9.83. The van der Waals surface area contributed by atoms with Crippen LogP contribution >= 0.6 is 0 Å². The molecule has 4 rings (SSSR count). The van der Waals surface area contributed by atoms with Gasteiger partial charge in [-0.25, -0.2) is 0 Å². The first-order chi connectivity index (χ1) is 11.2. The molecule has 126 valence electrons. The molecule has 1 aromatic heterocycles. The highest BCUT2D eigenvalue weighted by molar-refractivity contribution is 5.94. The molecular formula is C18H28N4O. The van der Waals surface area contributed by atoms with Crippen LogP contribution in [-0.4, -0.2) is 58.6 Å². The molecule has 2 atom stereocenters. The number of aromatic amines is 1. The summed E-state index contributed by atoms with van der Waals surface area (Å²) in [4.78, 5) is 17.4. The van der Waals surface area contributed by atoms with E-state index in [4.69, 9.17) is 0 Å². The lowest BCUT2D eigenvalue weighted by Gasteiger charge is -2.45. The second-order valence-corrected chi connectivity index (χ2v) is 7.57. The van der Waals surface area contributed by atoms with Gasteiger partial charge in [0.2, 0.25) is 0 Å². The maximum absolute atomic E-state index is 12.8. The van der Waals surface area contributed by atoms with Crippen molar-refractivity contribution in [3.05, 3.63) is 17.0 Å². The number of fused-ring (bicyclic) bond motifs is 2. The number of carbonyl (C=O) groups is 1. The molecule has 2 saturated heterocycles. The van der Waals surface area contributed by atoms with E-state index in [0.29, 0.717) is 17.7 Å². The number of rotatable bonds is 3. The molecule has 2 fully saturated rings. The Kier molecular flexibility index (Phi) is 4.14. The molecule has 2 aliphatic heterocycles. The van der Waals surface area contributed by atoms with Gasteiger partial charge in [0.25, 0.3) is 5.91 Å². The summed E-state index contributed by atoms with van der Waals surface area (Å²) in [6, 6.07) is 0.692. The normalized spacial score (nSPS) is 27.5. The zero-order valence-electron chi connectivity index (χ0n) is 14.2. The largest absolute Gasteiger partial charge is 0.340 e. The van der Waals surface area contributed by atoms with Crippen LogP contribution in [0.15, 0.2) is 0 Å². The average molecular weight is 316 g/mol. The number of H-pyrrole nitrogens is 1. The van der Waals surface area contributed by atoms with Gasteiger partial charge in [-0.3, -0.25) is 9.89 Å². The van der Waals surface area contributed by atoms with E-state index in [1.54, 1.807) is 0 Å². The predicted octanol–water partition coefficient (Wildman–Crippen LogP) is 2.23. The van der Waals surface area contributed by atoms with Crippen LogP contribution in [0.5, 0.6) is 0 Å². The maximum Gasteiger partial charge on any atom is 0.274 e. The zero-order valence-corrected chi connectivity index (χ0v) is 14.2. The van der Waals surface area contributed by atoms with Gasteiger partial charge in [-0.05, 0) is 64.0 Å². The van der Waals surface area contributed by atoms with Crippen molar-refractivity contribution in [3.8, 4) is 0 Å². The molecule has 0 bridgehead atoms. The van der Waals surface area contributed by atoms with Gasteiger partial charge in [0, 0.05) is 30.9 Å². The summed E-state index contributed by atoms with van der Waals surface area (Å²) < 4.78 is 0. The molecule has 0 aromatic carbocycles. The molecule has 3 aliphatic rings. The van der Waals surface area contributed by atoms with Crippen LogP contribution in [-0.2, 0) is 12.8 Å². The Morgan fingerprint density at radius 1 is 1.22 bits per heavy atom. The Bertz CT molecular complexity index is 580. The lowest BCUT2D eigenvalue weighted by Crippen LogP contribution is -2.51. The summed E-state index contributed by atoms with van der Waals surface area (Å²) >= 11 is 0. The van der Waals surface area contributed by atoms with E-state index in [1.807, 2.05) is 11.9 Å². The number of carbonyl (C=O) groups excluding carboxylic acids is 1. The molecular weight excluding hydrogens is 288 g/mol. The first-order valence-corrected chi connectivity index (χ1v) is 9.29. The van der Waals surface area contributed by atoms with Gasteiger partial charge in [-0.1, -0.05) is 6.42 Å². The third kappa shape index (κ3) is 2.80. The number of piperidine rings is 2. The van der Waals surface area contributed by atoms with E-state index in [1.165, 1.54) is 56.5 Å². The molecule has 1 amide bonds. The van der Waals surface area contributed by atoms with Crippen LogP contribution in [0.25, 0.3) is 0 Å². The molecule has 0 radical (unpaired) electrons. The van der Waals surface area contributed by atoms with Gasteiger partial charge in [-0.2, -0.15) is 5.10 Å². The predicted molar refractivity (Wildman–Crippen MR) is 89.5 cm³/mol. The SMILES string of the molecule is CN(C[C@@H]1CCCN2CCCC[C@H]12)C(=O)c1n[nH]c2c1CCC2. The van der Waals surface area contributed by atoms with Crippen LogP contribution in [0, 0.1) is 5.92 Å². The van der Waals surface area contributed by atoms with Crippen LogP contribution < -0.4 is 0 Å². The van der Waals surface area contributed by atoms with E-state index in [0.717, 1.165) is 25.8 Å². The number of hydrogen-bond donors (Lipinski definition) is 1. The fourth-order valence-electron chi connectivity index (χ4n) is 4.90. The van der Waals surface area contributed by atoms with Crippen LogP contribution in [0.4, 0.5) is 0 Å². The molecule has 23 heavy (non-hydrogen) atoms. The standard InChI is InChI=1S/C18H28N4O/c1-21(18(23)17-14-7-4-8-15(14)19-20-17)12-13-6-5-11-22-10-3-2-9-16(13)22/h13,16H,2-12H2,1H3,(H,19,20)/t13-,16+/m0/s1. The number of nitrogens with one attached hydrogen (secondary N) is 1. The fourth-order valence-corrected chi connectivity index (χ4v) is 4.90. The summed E-state index contributed by atoms with van der Waals surface area (Å²) in [5.41, 5.74) is 3.03. The van der Waals surface area contributed by atoms with Crippen molar-refractivity contribution in [2.45, 2.75) is 57.4 Å². The number of amides is 1. The molecule has 0 spiro atoms. The summed E-state index contributed by atoms with van der Waals surface area (Å²) in [5.74, 6) is 0.738. The Balaban J connectivity index is 1.44. The fraction of sp³-hybridized carbons (Fsp3) is 0.778. The van der Waals surface area contributed by atoms with Crippen molar-refractivity contribution in [3.63, 3.8) is 0 Å². The van der Waals surface area contributed by atoms with Gasteiger partial charge >= 0.3 is 0 Å². The van der Waals surface area contributed by atoms with Crippen molar-refractivity contribution in [2.24, 2.45) is 5.92 Å². The van der Waals surface area contributed by atoms with E-state index in [-0.39, 0.29) is 5.91 Å². The third-order valence-corrected chi connectivity index (χ3v) is 6.09. The summed E-state index contributed by atoms with van der Waals surface area (Å²) in [7, 11) is 1.96. The molecule has 5 heteroatoms. The summed E-state index contributed by atoms with van der Waals surface area (Å²) in [6.07, 6.45) is 9.73. The monoisotopic (exact) mass is 316 g/mol. The number of hydrogen-bond acceptors (Lipinski definition) is 3. The summed E-state index contributed by atoms with van der Waals surface area (Å²) in [6.45, 7) is 3.39. The Morgan fingerprint density at radius 3 is 3.00 bits per heavy atom. The van der Waals surface area contributed by atoms with Gasteiger partial charge < -0.3 is 9.80 Å². The van der Waals surface area contributed by atoms with Gasteiger partial charge in [0.15, 0.2) is 5.69 Å². The lowest BCUT2D eigenvalue weighted by molar-refractivity contribution is 0.0400. The molecule has 1 aromatic rings. The van der Waals surface area contributed by atoms with Crippen LogP contribution in [0.3, 0.4) is 0 Å². The first-order valence-electron chi connectivity index (χ1n) is 9.29. The average Bonchev–Trinajstić information content (AvgIpc) is 3.18. The second kappa shape index (κ2) is 6.27. The highest BCUT2D eigenvalue weighted by atomic mass is 16.2. The van der Waals surface area contributed by atoms with Gasteiger partial charge in [-0.15, -0.1) is 0 Å². The Labute approximate surface area is 138 Å². The number of nitrogens with zero attached hydrogens (tertiary/aromatic N) is 3. The Hall–Kier alpha value is -1.36. The second-order valence-electron chi connectivity index (χ2n) is 7.57. The summed E-state index contributed by atoms with van der Waals surface area (Å²) in [5, 5.41) is 7.37. The minimum Gasteiger partial charge on any atom is -0.340 e. The van der Waals surface area contributed by atoms with Crippen molar-refractivity contribution in [2.75, 3.05) is 26.7 Å². The van der Waals surface area contributed by atoms with Crippen LogP contribution in [0.2, 0.25) is 0 Å². The third-order valence-electron chi connectivity index (χ3n) is 6.09. The van der Waals surface area contributed by atoms with E-state index in [9.17, 15) is 4.79 Å². The van der Waals surface area contributed by atoms with Crippen LogP contribution in [0.1, 0.15) is 60.3 Å². The van der Waals surface area contributed by atoms with Crippen molar-refractivity contribution in [1.29, 1.82) is 0 Å². The minimum absolute atomic E-state index is 0.109. The van der Waals surface area contributed by atoms with E-state index >= 15 is 0 Å². The zero-order chi connectivity index (χ0) is 15.8. The molecule has 0 saturated carbocycles. The quantitative estimate of drug-likeness (QED) is 0.930. The van der Waals surface area contributed by atoms with Crippen molar-refractivity contribution < 1.29 is 4.79 Å². The highest BCUT2D eigenvalue weighted by Crippen LogP contribution is 2.31. The van der Waals surface area contributed by atoms with Gasteiger partial charge in [0.05, 0.1) is 0 Å². The van der Waals surface area contributed by atoms with Crippen molar-refractivity contribution in [1.82, 2.24) is 20.0 Å². The van der Waals surface area contributed by atoms with Gasteiger partial charge in [0.1, 0.15) is 0 Å². The highest BCUT2D eigenvalue weighted by Gasteiger charge is 2.35. The molecule has 3 heterocycles. The Morgan fingerprint density at radius 2 is 2.09 bits per heavy atom. The van der Waals surface area contributed by atoms with Crippen molar-refractivity contribution >= 4 is 5.91 Å². The molecule has 1 N–H and O–H groups in total. The minimum atomic E-state index is 0.109. The maximum atomic E-state index is 12.8. The smallest absolute Gasteiger partial charge is 0.274 e.